The molecule has 0 aliphatic carbocycles. The number of hydrogen-bond acceptors (Lipinski definition) is 5. The molecular formula is C14H10N2O3. The molecule has 5 heteroatoms. The summed E-state index contributed by atoms with van der Waals surface area (Å²) in [4.78, 5) is 16.2. The van der Waals surface area contributed by atoms with Crippen LogP contribution in [0.25, 0.3) is 10.9 Å². The van der Waals surface area contributed by atoms with Gasteiger partial charge in [-0.1, -0.05) is 17.3 Å². The van der Waals surface area contributed by atoms with Crippen LogP contribution < -0.4 is 0 Å². The van der Waals surface area contributed by atoms with E-state index >= 15 is 0 Å². The second kappa shape index (κ2) is 4.53. The van der Waals surface area contributed by atoms with Gasteiger partial charge in [0.15, 0.2) is 11.5 Å². The van der Waals surface area contributed by atoms with Gasteiger partial charge >= 0.3 is 0 Å². The molecule has 3 rings (SSSR count). The lowest BCUT2D eigenvalue weighted by Crippen LogP contribution is -2.04. The van der Waals surface area contributed by atoms with E-state index in [0.717, 1.165) is 5.39 Å². The number of carbonyl (C=O) groups is 1. The fourth-order valence-electron chi connectivity index (χ4n) is 1.94. The van der Waals surface area contributed by atoms with Gasteiger partial charge in [-0.25, -0.2) is 0 Å². The largest absolute Gasteiger partial charge is 0.505 e. The van der Waals surface area contributed by atoms with Crippen molar-refractivity contribution in [2.75, 3.05) is 0 Å². The molecule has 2 aromatic heterocycles. The van der Waals surface area contributed by atoms with E-state index < -0.39 is 0 Å². The summed E-state index contributed by atoms with van der Waals surface area (Å²) in [5.41, 5.74) is 1.20. The first kappa shape index (κ1) is 11.4. The predicted molar refractivity (Wildman–Crippen MR) is 67.9 cm³/mol. The highest BCUT2D eigenvalue weighted by atomic mass is 16.5. The molecular weight excluding hydrogens is 244 g/mol. The maximum Gasteiger partial charge on any atom is 0.172 e. The average Bonchev–Trinajstić information content (AvgIpc) is 2.92. The van der Waals surface area contributed by atoms with Gasteiger partial charge in [-0.05, 0) is 12.1 Å². The van der Waals surface area contributed by atoms with Crippen LogP contribution in [0.1, 0.15) is 16.1 Å². The van der Waals surface area contributed by atoms with E-state index in [-0.39, 0.29) is 23.5 Å². The van der Waals surface area contributed by atoms with Crippen molar-refractivity contribution in [3.8, 4) is 5.75 Å². The van der Waals surface area contributed by atoms with Gasteiger partial charge in [0, 0.05) is 17.6 Å². The van der Waals surface area contributed by atoms with Crippen molar-refractivity contribution in [2.24, 2.45) is 0 Å². The summed E-state index contributed by atoms with van der Waals surface area (Å²) in [6, 6.07) is 8.58. The summed E-state index contributed by atoms with van der Waals surface area (Å²) in [6.45, 7) is 0. The summed E-state index contributed by atoms with van der Waals surface area (Å²) < 4.78 is 4.67. The topological polar surface area (TPSA) is 76.2 Å². The first-order valence-corrected chi connectivity index (χ1v) is 5.75. The van der Waals surface area contributed by atoms with Gasteiger partial charge in [0.25, 0.3) is 0 Å². The summed E-state index contributed by atoms with van der Waals surface area (Å²) in [5.74, 6) is -0.314. The van der Waals surface area contributed by atoms with Crippen molar-refractivity contribution in [2.45, 2.75) is 6.42 Å². The third-order valence-corrected chi connectivity index (χ3v) is 2.88. The van der Waals surface area contributed by atoms with Gasteiger partial charge in [0.05, 0.1) is 17.7 Å². The highest BCUT2D eigenvalue weighted by molar-refractivity contribution is 6.04. The van der Waals surface area contributed by atoms with Crippen molar-refractivity contribution in [3.63, 3.8) is 0 Å². The lowest BCUT2D eigenvalue weighted by molar-refractivity contribution is 0.0988. The van der Waals surface area contributed by atoms with Gasteiger partial charge in [0.1, 0.15) is 11.8 Å². The van der Waals surface area contributed by atoms with Crippen molar-refractivity contribution < 1.29 is 14.4 Å². The molecule has 0 aliphatic heterocycles. The monoisotopic (exact) mass is 254 g/mol. The van der Waals surface area contributed by atoms with Crippen LogP contribution in [-0.2, 0) is 6.42 Å². The Bertz CT molecular complexity index is 736. The fourth-order valence-corrected chi connectivity index (χ4v) is 1.94. The van der Waals surface area contributed by atoms with Crippen LogP contribution in [0.5, 0.6) is 5.75 Å². The molecule has 0 radical (unpaired) electrons. The summed E-state index contributed by atoms with van der Waals surface area (Å²) >= 11 is 0. The summed E-state index contributed by atoms with van der Waals surface area (Å²) in [6.07, 6.45) is 3.07. The number of aromatic hydroxyl groups is 1. The molecule has 0 fully saturated rings. The normalized spacial score (nSPS) is 10.7. The van der Waals surface area contributed by atoms with Gasteiger partial charge in [-0.15, -0.1) is 0 Å². The molecule has 19 heavy (non-hydrogen) atoms. The van der Waals surface area contributed by atoms with Gasteiger partial charge in [-0.3, -0.25) is 9.78 Å². The lowest BCUT2D eigenvalue weighted by atomic mass is 10.0. The molecule has 5 nitrogen and oxygen atoms in total. The van der Waals surface area contributed by atoms with Crippen molar-refractivity contribution in [1.29, 1.82) is 0 Å². The van der Waals surface area contributed by atoms with Crippen LogP contribution in [-0.4, -0.2) is 21.0 Å². The van der Waals surface area contributed by atoms with E-state index in [1.54, 1.807) is 30.5 Å². The molecule has 0 unspecified atom stereocenters. The first-order chi connectivity index (χ1) is 9.25. The molecule has 3 aromatic rings. The minimum atomic E-state index is -0.223. The Labute approximate surface area is 108 Å². The molecule has 94 valence electrons. The smallest absolute Gasteiger partial charge is 0.172 e. The number of phenolic OH excluding ortho intramolecular Hbond substituents is 1. The van der Waals surface area contributed by atoms with Gasteiger partial charge < -0.3 is 9.63 Å². The minimum Gasteiger partial charge on any atom is -0.505 e. The third kappa shape index (κ3) is 2.06. The molecule has 1 aromatic carbocycles. The average molecular weight is 254 g/mol. The molecule has 0 amide bonds. The highest BCUT2D eigenvalue weighted by Crippen LogP contribution is 2.27. The number of carbonyl (C=O) groups excluding carboxylic acids is 1. The Morgan fingerprint density at radius 3 is 2.95 bits per heavy atom. The molecule has 0 saturated heterocycles. The van der Waals surface area contributed by atoms with Crippen molar-refractivity contribution >= 4 is 16.7 Å². The Morgan fingerprint density at radius 1 is 1.26 bits per heavy atom. The predicted octanol–water partition coefficient (Wildman–Crippen LogP) is 2.35. The Balaban J connectivity index is 2.01. The lowest BCUT2D eigenvalue weighted by Gasteiger charge is -2.05. The van der Waals surface area contributed by atoms with E-state index in [4.69, 9.17) is 0 Å². The zero-order valence-electron chi connectivity index (χ0n) is 9.91. The number of fused-ring (bicyclic) bond motifs is 1. The standard InChI is InChI=1S/C14H10N2O3/c17-12(8-10-5-7-19-16-10)11-4-3-9-2-1-6-15-13(9)14(11)18/h1-7,18H,8H2. The van der Waals surface area contributed by atoms with E-state index in [9.17, 15) is 9.90 Å². The zero-order chi connectivity index (χ0) is 13.2. The molecule has 2 heterocycles. The molecule has 0 aliphatic rings. The van der Waals surface area contributed by atoms with Crippen LogP contribution in [0.3, 0.4) is 0 Å². The maximum absolute atomic E-state index is 12.1. The van der Waals surface area contributed by atoms with Crippen LogP contribution in [0.2, 0.25) is 0 Å². The number of hydrogen-bond donors (Lipinski definition) is 1. The number of phenols is 1. The van der Waals surface area contributed by atoms with Crippen molar-refractivity contribution in [3.05, 3.63) is 54.0 Å². The van der Waals surface area contributed by atoms with Gasteiger partial charge in [-0.2, -0.15) is 0 Å². The quantitative estimate of drug-likeness (QED) is 0.726. The molecule has 0 saturated carbocycles. The van der Waals surface area contributed by atoms with Crippen LogP contribution in [0, 0.1) is 0 Å². The maximum atomic E-state index is 12.1. The SMILES string of the molecule is O=C(Cc1ccon1)c1ccc2cccnc2c1O. The number of benzene rings is 1. The second-order valence-corrected chi connectivity index (χ2v) is 4.13. The van der Waals surface area contributed by atoms with Crippen LogP contribution in [0.15, 0.2) is 47.3 Å². The molecule has 1 N–H and O–H groups in total. The highest BCUT2D eigenvalue weighted by Gasteiger charge is 2.15. The fraction of sp³-hybridized carbons (Fsp3) is 0.0714. The van der Waals surface area contributed by atoms with E-state index in [1.165, 1.54) is 6.26 Å². The number of ketones is 1. The number of nitrogens with zero attached hydrogens (tertiary/aromatic N) is 2. The van der Waals surface area contributed by atoms with Crippen LogP contribution >= 0.6 is 0 Å². The summed E-state index contributed by atoms with van der Waals surface area (Å²) in [7, 11) is 0. The number of pyridine rings is 1. The minimum absolute atomic E-state index is 0.0857. The first-order valence-electron chi connectivity index (χ1n) is 5.75. The number of aromatic nitrogens is 2. The number of rotatable bonds is 3. The molecule has 0 bridgehead atoms. The zero-order valence-corrected chi connectivity index (χ0v) is 9.91. The van der Waals surface area contributed by atoms with Crippen molar-refractivity contribution in [1.82, 2.24) is 10.1 Å². The molecule has 0 spiro atoms. The van der Waals surface area contributed by atoms with E-state index in [0.29, 0.717) is 11.2 Å². The van der Waals surface area contributed by atoms with E-state index in [1.807, 2.05) is 6.07 Å². The Kier molecular flexibility index (Phi) is 2.72. The Morgan fingerprint density at radius 2 is 2.16 bits per heavy atom. The summed E-state index contributed by atoms with van der Waals surface area (Å²) in [5, 5.41) is 14.6. The Hall–Kier alpha value is -2.69. The van der Waals surface area contributed by atoms with E-state index in [2.05, 4.69) is 14.7 Å². The second-order valence-electron chi connectivity index (χ2n) is 4.13. The molecule has 0 atom stereocenters. The van der Waals surface area contributed by atoms with Gasteiger partial charge in [0.2, 0.25) is 0 Å². The third-order valence-electron chi connectivity index (χ3n) is 2.88. The van der Waals surface area contributed by atoms with Crippen LogP contribution in [0.4, 0.5) is 0 Å². The number of Topliss-reactive ketones (excluding diaryl/α,β-unsaturated/α-hetero) is 1.